The summed E-state index contributed by atoms with van der Waals surface area (Å²) in [7, 11) is 0. The van der Waals surface area contributed by atoms with E-state index in [1.54, 1.807) is 12.1 Å². The minimum Gasteiger partial charge on any atom is -0.451 e. The molecule has 0 saturated heterocycles. The molecule has 3 aliphatic rings. The fourth-order valence-corrected chi connectivity index (χ4v) is 4.80. The van der Waals surface area contributed by atoms with Crippen molar-refractivity contribution in [3.8, 4) is 0 Å². The van der Waals surface area contributed by atoms with E-state index in [4.69, 9.17) is 4.74 Å². The largest absolute Gasteiger partial charge is 0.451 e. The van der Waals surface area contributed by atoms with E-state index in [-0.39, 0.29) is 35.6 Å². The standard InChI is InChI=1S/C23H22FNO3/c24-16-7-5-14(6-8-16)18-13-20(18)25-21(26)15-9-11-23(12-10-15)19-4-2-1-3-17(19)22(27)28-23/h1-8,15,18,20H,9-13H2,(H,25,26)/t15-,18-,20+,23-/m0/s1. The van der Waals surface area contributed by atoms with Gasteiger partial charge < -0.3 is 10.1 Å². The summed E-state index contributed by atoms with van der Waals surface area (Å²) < 4.78 is 18.8. The summed E-state index contributed by atoms with van der Waals surface area (Å²) >= 11 is 0. The van der Waals surface area contributed by atoms with Gasteiger partial charge in [0, 0.05) is 23.4 Å². The number of hydrogen-bond acceptors (Lipinski definition) is 3. The number of esters is 1. The lowest BCUT2D eigenvalue weighted by Gasteiger charge is -2.36. The molecule has 1 N–H and O–H groups in total. The van der Waals surface area contributed by atoms with Crippen LogP contribution in [0.1, 0.15) is 59.5 Å². The van der Waals surface area contributed by atoms with Crippen LogP contribution in [0.15, 0.2) is 48.5 Å². The Morgan fingerprint density at radius 3 is 2.54 bits per heavy atom. The fourth-order valence-electron chi connectivity index (χ4n) is 4.80. The second kappa shape index (κ2) is 6.43. The van der Waals surface area contributed by atoms with Crippen LogP contribution in [0.2, 0.25) is 0 Å². The van der Waals surface area contributed by atoms with Gasteiger partial charge in [-0.15, -0.1) is 0 Å². The van der Waals surface area contributed by atoms with Crippen molar-refractivity contribution < 1.29 is 18.7 Å². The van der Waals surface area contributed by atoms with Gasteiger partial charge in [0.1, 0.15) is 11.4 Å². The van der Waals surface area contributed by atoms with Gasteiger partial charge >= 0.3 is 5.97 Å². The summed E-state index contributed by atoms with van der Waals surface area (Å²) in [6.45, 7) is 0. The number of rotatable bonds is 3. The molecule has 1 amide bonds. The van der Waals surface area contributed by atoms with Crippen molar-refractivity contribution in [2.24, 2.45) is 5.92 Å². The predicted molar refractivity (Wildman–Crippen MR) is 101 cm³/mol. The zero-order chi connectivity index (χ0) is 19.3. The average Bonchev–Trinajstić information content (AvgIpc) is 3.42. The summed E-state index contributed by atoms with van der Waals surface area (Å²) in [5, 5.41) is 3.15. The Kier molecular flexibility index (Phi) is 4.00. The zero-order valence-corrected chi connectivity index (χ0v) is 15.5. The van der Waals surface area contributed by atoms with Gasteiger partial charge in [-0.25, -0.2) is 9.18 Å². The maximum atomic E-state index is 13.1. The van der Waals surface area contributed by atoms with Crippen molar-refractivity contribution >= 4 is 11.9 Å². The third-order valence-corrected chi connectivity index (χ3v) is 6.51. The number of benzene rings is 2. The Bertz CT molecular complexity index is 931. The first-order valence-corrected chi connectivity index (χ1v) is 9.94. The Labute approximate surface area is 163 Å². The molecule has 4 nitrogen and oxygen atoms in total. The van der Waals surface area contributed by atoms with E-state index in [0.29, 0.717) is 31.2 Å². The van der Waals surface area contributed by atoms with Crippen molar-refractivity contribution in [1.29, 1.82) is 0 Å². The molecule has 2 saturated carbocycles. The van der Waals surface area contributed by atoms with Crippen LogP contribution in [-0.4, -0.2) is 17.9 Å². The topological polar surface area (TPSA) is 55.4 Å². The van der Waals surface area contributed by atoms with Crippen molar-refractivity contribution in [2.75, 3.05) is 0 Å². The number of amides is 1. The first-order chi connectivity index (χ1) is 13.6. The van der Waals surface area contributed by atoms with Gasteiger partial charge in [-0.3, -0.25) is 4.79 Å². The van der Waals surface area contributed by atoms with Crippen molar-refractivity contribution in [2.45, 2.75) is 49.7 Å². The molecule has 2 fully saturated rings. The summed E-state index contributed by atoms with van der Waals surface area (Å²) in [5.41, 5.74) is 2.15. The van der Waals surface area contributed by atoms with Crippen LogP contribution in [0.3, 0.4) is 0 Å². The van der Waals surface area contributed by atoms with Gasteiger partial charge in [0.25, 0.3) is 0 Å². The molecule has 5 rings (SSSR count). The van der Waals surface area contributed by atoms with E-state index in [1.807, 2.05) is 24.3 Å². The van der Waals surface area contributed by atoms with E-state index in [9.17, 15) is 14.0 Å². The number of ether oxygens (including phenoxy) is 1. The average molecular weight is 379 g/mol. The fraction of sp³-hybridized carbons (Fsp3) is 0.391. The van der Waals surface area contributed by atoms with Crippen LogP contribution in [0.25, 0.3) is 0 Å². The van der Waals surface area contributed by atoms with Crippen LogP contribution >= 0.6 is 0 Å². The molecule has 0 bridgehead atoms. The molecular formula is C23H22FNO3. The van der Waals surface area contributed by atoms with E-state index in [1.165, 1.54) is 12.1 Å². The van der Waals surface area contributed by atoms with Crippen LogP contribution in [-0.2, 0) is 15.1 Å². The van der Waals surface area contributed by atoms with Crippen LogP contribution in [0, 0.1) is 11.7 Å². The van der Waals surface area contributed by atoms with Gasteiger partial charge in [0.15, 0.2) is 0 Å². The summed E-state index contributed by atoms with van der Waals surface area (Å²) in [4.78, 5) is 24.9. The first-order valence-electron chi connectivity index (χ1n) is 9.94. The lowest BCUT2D eigenvalue weighted by Crippen LogP contribution is -2.39. The van der Waals surface area contributed by atoms with E-state index >= 15 is 0 Å². The van der Waals surface area contributed by atoms with E-state index in [0.717, 1.165) is 17.5 Å². The Morgan fingerprint density at radius 2 is 1.79 bits per heavy atom. The van der Waals surface area contributed by atoms with Crippen LogP contribution < -0.4 is 5.32 Å². The highest BCUT2D eigenvalue weighted by Crippen LogP contribution is 2.48. The quantitative estimate of drug-likeness (QED) is 0.819. The maximum Gasteiger partial charge on any atom is 0.339 e. The highest BCUT2D eigenvalue weighted by Gasteiger charge is 2.49. The molecule has 2 atom stereocenters. The van der Waals surface area contributed by atoms with Crippen LogP contribution in [0.4, 0.5) is 4.39 Å². The number of carbonyl (C=O) groups excluding carboxylic acids is 2. The minimum absolute atomic E-state index is 0.0495. The molecule has 144 valence electrons. The molecule has 2 aromatic carbocycles. The maximum absolute atomic E-state index is 13.1. The predicted octanol–water partition coefficient (Wildman–Crippen LogP) is 4.05. The molecule has 1 spiro atoms. The smallest absolute Gasteiger partial charge is 0.339 e. The van der Waals surface area contributed by atoms with E-state index in [2.05, 4.69) is 5.32 Å². The number of carbonyl (C=O) groups is 2. The summed E-state index contributed by atoms with van der Waals surface area (Å²) in [5.74, 6) is -0.176. The highest BCUT2D eigenvalue weighted by atomic mass is 19.1. The number of nitrogens with one attached hydrogen (secondary N) is 1. The summed E-state index contributed by atoms with van der Waals surface area (Å²) in [6, 6.07) is 14.2. The Hall–Kier alpha value is -2.69. The lowest BCUT2D eigenvalue weighted by atomic mass is 9.74. The molecule has 0 unspecified atom stereocenters. The number of hydrogen-bond donors (Lipinski definition) is 1. The molecule has 1 heterocycles. The molecule has 0 radical (unpaired) electrons. The molecule has 2 aromatic rings. The molecule has 2 aliphatic carbocycles. The van der Waals surface area contributed by atoms with Gasteiger partial charge in [-0.05, 0) is 55.9 Å². The molecule has 28 heavy (non-hydrogen) atoms. The Morgan fingerprint density at radius 1 is 1.07 bits per heavy atom. The van der Waals surface area contributed by atoms with Gasteiger partial charge in [-0.2, -0.15) is 0 Å². The Balaban J connectivity index is 1.20. The first kappa shape index (κ1) is 17.4. The molecular weight excluding hydrogens is 357 g/mol. The molecule has 0 aromatic heterocycles. The van der Waals surface area contributed by atoms with Gasteiger partial charge in [0.05, 0.1) is 5.56 Å². The van der Waals surface area contributed by atoms with Crippen molar-refractivity contribution in [3.05, 3.63) is 71.0 Å². The zero-order valence-electron chi connectivity index (χ0n) is 15.5. The van der Waals surface area contributed by atoms with Gasteiger partial charge in [0.2, 0.25) is 5.91 Å². The SMILES string of the molecule is O=C1O[C@]2(CC[C@H](C(=O)N[C@@H]3C[C@H]3c3ccc(F)cc3)CC2)c2ccccc21. The second-order valence-electron chi connectivity index (χ2n) is 8.21. The van der Waals surface area contributed by atoms with Crippen LogP contribution in [0.5, 0.6) is 0 Å². The molecule has 1 aliphatic heterocycles. The van der Waals surface area contributed by atoms with Crippen molar-refractivity contribution in [3.63, 3.8) is 0 Å². The minimum atomic E-state index is -0.555. The van der Waals surface area contributed by atoms with E-state index < -0.39 is 5.60 Å². The highest BCUT2D eigenvalue weighted by molar-refractivity contribution is 5.94. The normalized spacial score (nSPS) is 30.6. The number of halogens is 1. The monoisotopic (exact) mass is 379 g/mol. The third-order valence-electron chi connectivity index (χ3n) is 6.51. The lowest BCUT2D eigenvalue weighted by molar-refractivity contribution is -0.128. The molecule has 5 heteroatoms. The summed E-state index contributed by atoms with van der Waals surface area (Å²) in [6.07, 6.45) is 3.68. The van der Waals surface area contributed by atoms with Crippen molar-refractivity contribution in [1.82, 2.24) is 5.32 Å². The van der Waals surface area contributed by atoms with Gasteiger partial charge in [-0.1, -0.05) is 30.3 Å². The second-order valence-corrected chi connectivity index (χ2v) is 8.21. The number of fused-ring (bicyclic) bond motifs is 2. The third kappa shape index (κ3) is 2.89.